The van der Waals surface area contributed by atoms with E-state index in [1.54, 1.807) is 0 Å². The fraction of sp³-hybridized carbons (Fsp3) is 0.300. The number of rotatable bonds is 7. The molecule has 0 saturated heterocycles. The normalized spacial score (nSPS) is 10.2. The minimum atomic E-state index is -0.0993. The lowest BCUT2D eigenvalue weighted by Gasteiger charge is -2.12. The number of para-hydroxylation sites is 1. The van der Waals surface area contributed by atoms with Crippen LogP contribution in [-0.4, -0.2) is 18.4 Å². The number of benzene rings is 2. The number of aryl methyl sites for hydroxylation is 2. The van der Waals surface area contributed by atoms with Crippen LogP contribution in [0.1, 0.15) is 30.9 Å². The molecule has 0 aliphatic heterocycles. The Kier molecular flexibility index (Phi) is 6.57. The molecule has 0 saturated carbocycles. The third-order valence-corrected chi connectivity index (χ3v) is 3.84. The lowest BCUT2D eigenvalue weighted by atomic mass is 10.1. The Morgan fingerprint density at radius 1 is 0.840 bits per heavy atom. The minimum absolute atomic E-state index is 0.0104. The Balaban J connectivity index is 1.86. The molecule has 3 N–H and O–H groups in total. The number of nitrogens with one attached hydrogen (secondary N) is 3. The smallest absolute Gasteiger partial charge is 0.243 e. The van der Waals surface area contributed by atoms with Crippen molar-refractivity contribution in [2.75, 3.05) is 22.5 Å². The first-order chi connectivity index (χ1) is 12.0. The van der Waals surface area contributed by atoms with Gasteiger partial charge in [0.2, 0.25) is 11.8 Å². The average Bonchev–Trinajstić information content (AvgIpc) is 2.58. The van der Waals surface area contributed by atoms with Gasteiger partial charge in [-0.2, -0.15) is 0 Å². The van der Waals surface area contributed by atoms with Crippen LogP contribution in [0.5, 0.6) is 0 Å². The zero-order valence-electron chi connectivity index (χ0n) is 15.0. The van der Waals surface area contributed by atoms with Crippen molar-refractivity contribution in [1.29, 1.82) is 0 Å². The van der Waals surface area contributed by atoms with E-state index < -0.39 is 0 Å². The van der Waals surface area contributed by atoms with Crippen molar-refractivity contribution >= 4 is 28.9 Å². The maximum atomic E-state index is 12.1. The lowest BCUT2D eigenvalue weighted by Crippen LogP contribution is -2.22. The van der Waals surface area contributed by atoms with Crippen LogP contribution < -0.4 is 16.0 Å². The molecule has 2 rings (SSSR count). The van der Waals surface area contributed by atoms with Gasteiger partial charge in [-0.3, -0.25) is 9.59 Å². The second kappa shape index (κ2) is 8.87. The number of amides is 2. The summed E-state index contributed by atoms with van der Waals surface area (Å²) in [6.45, 7) is 6.09. The zero-order valence-corrected chi connectivity index (χ0v) is 15.0. The van der Waals surface area contributed by atoms with E-state index in [4.69, 9.17) is 0 Å². The second-order valence-corrected chi connectivity index (χ2v) is 6.04. The summed E-state index contributed by atoms with van der Waals surface area (Å²) in [6, 6.07) is 13.2. The highest BCUT2D eigenvalue weighted by molar-refractivity contribution is 5.95. The monoisotopic (exact) mass is 339 g/mol. The van der Waals surface area contributed by atoms with Crippen LogP contribution in [0.15, 0.2) is 42.5 Å². The van der Waals surface area contributed by atoms with Crippen LogP contribution in [0.3, 0.4) is 0 Å². The summed E-state index contributed by atoms with van der Waals surface area (Å²) in [5.74, 6) is -0.0890. The number of hydrogen-bond donors (Lipinski definition) is 3. The van der Waals surface area contributed by atoms with Crippen molar-refractivity contribution in [2.45, 2.75) is 33.6 Å². The van der Waals surface area contributed by atoms with Gasteiger partial charge in [0.25, 0.3) is 0 Å². The van der Waals surface area contributed by atoms with Crippen molar-refractivity contribution in [3.05, 3.63) is 53.6 Å². The molecular weight excluding hydrogens is 314 g/mol. The van der Waals surface area contributed by atoms with Gasteiger partial charge in [0.15, 0.2) is 0 Å². The van der Waals surface area contributed by atoms with Gasteiger partial charge >= 0.3 is 0 Å². The first-order valence-electron chi connectivity index (χ1n) is 8.49. The molecule has 0 unspecified atom stereocenters. The summed E-state index contributed by atoms with van der Waals surface area (Å²) < 4.78 is 0. The average molecular weight is 339 g/mol. The van der Waals surface area contributed by atoms with E-state index in [1.165, 1.54) is 0 Å². The van der Waals surface area contributed by atoms with Gasteiger partial charge in [-0.1, -0.05) is 25.1 Å². The molecule has 0 aliphatic rings. The molecule has 0 aliphatic carbocycles. The number of hydrogen-bond acceptors (Lipinski definition) is 3. The summed E-state index contributed by atoms with van der Waals surface area (Å²) in [4.78, 5) is 23.7. The first kappa shape index (κ1) is 18.5. The van der Waals surface area contributed by atoms with E-state index in [2.05, 4.69) is 16.0 Å². The van der Waals surface area contributed by atoms with Crippen molar-refractivity contribution in [3.8, 4) is 0 Å². The van der Waals surface area contributed by atoms with Gasteiger partial charge < -0.3 is 16.0 Å². The summed E-state index contributed by atoms with van der Waals surface area (Å²) in [7, 11) is 0. The minimum Gasteiger partial charge on any atom is -0.376 e. The highest BCUT2D eigenvalue weighted by atomic mass is 16.2. The summed E-state index contributed by atoms with van der Waals surface area (Å²) in [5, 5.41) is 8.86. The van der Waals surface area contributed by atoms with Gasteiger partial charge in [-0.05, 0) is 55.7 Å². The van der Waals surface area contributed by atoms with Gasteiger partial charge in [-0.25, -0.2) is 0 Å². The summed E-state index contributed by atoms with van der Waals surface area (Å²) in [5.41, 5.74) is 4.53. The Morgan fingerprint density at radius 2 is 1.44 bits per heavy atom. The fourth-order valence-corrected chi connectivity index (χ4v) is 2.50. The van der Waals surface area contributed by atoms with Crippen LogP contribution in [0.4, 0.5) is 17.1 Å². The van der Waals surface area contributed by atoms with Crippen molar-refractivity contribution in [2.24, 2.45) is 0 Å². The number of carbonyl (C=O) groups excluding carboxylic acids is 2. The SMILES string of the molecule is CCCC(=O)Nc1ccc(NCC(=O)Nc2c(C)cccc2C)cc1. The molecule has 0 bridgehead atoms. The molecule has 0 aromatic heterocycles. The predicted molar refractivity (Wildman–Crippen MR) is 103 cm³/mol. The quantitative estimate of drug-likeness (QED) is 0.711. The zero-order chi connectivity index (χ0) is 18.2. The Labute approximate surface area is 148 Å². The maximum absolute atomic E-state index is 12.1. The Hall–Kier alpha value is -2.82. The molecule has 25 heavy (non-hydrogen) atoms. The first-order valence-corrected chi connectivity index (χ1v) is 8.49. The molecule has 2 aromatic carbocycles. The highest BCUT2D eigenvalue weighted by Gasteiger charge is 2.07. The lowest BCUT2D eigenvalue weighted by molar-refractivity contribution is -0.116. The van der Waals surface area contributed by atoms with E-state index in [-0.39, 0.29) is 18.4 Å². The fourth-order valence-electron chi connectivity index (χ4n) is 2.50. The summed E-state index contributed by atoms with van der Waals surface area (Å²) in [6.07, 6.45) is 1.33. The van der Waals surface area contributed by atoms with Crippen molar-refractivity contribution in [1.82, 2.24) is 0 Å². The van der Waals surface area contributed by atoms with Crippen molar-refractivity contribution in [3.63, 3.8) is 0 Å². The van der Waals surface area contributed by atoms with E-state index >= 15 is 0 Å². The van der Waals surface area contributed by atoms with E-state index in [9.17, 15) is 9.59 Å². The van der Waals surface area contributed by atoms with Crippen molar-refractivity contribution < 1.29 is 9.59 Å². The van der Waals surface area contributed by atoms with Crippen LogP contribution in [0, 0.1) is 13.8 Å². The highest BCUT2D eigenvalue weighted by Crippen LogP contribution is 2.19. The molecule has 132 valence electrons. The maximum Gasteiger partial charge on any atom is 0.243 e. The molecule has 5 nitrogen and oxygen atoms in total. The second-order valence-electron chi connectivity index (χ2n) is 6.04. The van der Waals surface area contributed by atoms with Gasteiger partial charge in [0.05, 0.1) is 6.54 Å². The standard InChI is InChI=1S/C20H25N3O2/c1-4-6-18(24)22-17-11-9-16(10-12-17)21-13-19(25)23-20-14(2)7-5-8-15(20)3/h5,7-12,21H,4,6,13H2,1-3H3,(H,22,24)(H,23,25). The van der Waals surface area contributed by atoms with Gasteiger partial charge in [0, 0.05) is 23.5 Å². The molecular formula is C20H25N3O2. The third kappa shape index (κ3) is 5.64. The molecule has 0 heterocycles. The molecule has 0 fully saturated rings. The van der Waals surface area contributed by atoms with E-state index in [0.29, 0.717) is 6.42 Å². The van der Waals surface area contributed by atoms with E-state index in [0.717, 1.165) is 34.6 Å². The number of carbonyl (C=O) groups is 2. The molecule has 0 radical (unpaired) electrons. The van der Waals surface area contributed by atoms with Gasteiger partial charge in [0.1, 0.15) is 0 Å². The molecule has 0 spiro atoms. The Bertz CT molecular complexity index is 719. The third-order valence-electron chi connectivity index (χ3n) is 3.84. The molecule has 5 heteroatoms. The predicted octanol–water partition coefficient (Wildman–Crippen LogP) is 4.09. The molecule has 2 aromatic rings. The largest absolute Gasteiger partial charge is 0.376 e. The van der Waals surface area contributed by atoms with Crippen LogP contribution in [0.25, 0.3) is 0 Å². The summed E-state index contributed by atoms with van der Waals surface area (Å²) >= 11 is 0. The Morgan fingerprint density at radius 3 is 2.04 bits per heavy atom. The molecule has 2 amide bonds. The van der Waals surface area contributed by atoms with E-state index in [1.807, 2.05) is 63.2 Å². The van der Waals surface area contributed by atoms with Gasteiger partial charge in [-0.15, -0.1) is 0 Å². The topological polar surface area (TPSA) is 70.2 Å². The van der Waals surface area contributed by atoms with Crippen LogP contribution in [0.2, 0.25) is 0 Å². The van der Waals surface area contributed by atoms with Crippen LogP contribution in [-0.2, 0) is 9.59 Å². The molecule has 0 atom stereocenters. The number of anilines is 3. The van der Waals surface area contributed by atoms with Crippen LogP contribution >= 0.6 is 0 Å².